The lowest BCUT2D eigenvalue weighted by Crippen LogP contribution is -2.40. The first kappa shape index (κ1) is 14.7. The van der Waals surface area contributed by atoms with Gasteiger partial charge in [-0.2, -0.15) is 0 Å². The molecular formula is C18H16FN3O2. The summed E-state index contributed by atoms with van der Waals surface area (Å²) in [7, 11) is 1.36. The molecule has 6 heteroatoms. The summed E-state index contributed by atoms with van der Waals surface area (Å²) in [5.41, 5.74) is 3.65. The lowest BCUT2D eigenvalue weighted by Gasteiger charge is -2.35. The highest BCUT2D eigenvalue weighted by molar-refractivity contribution is 5.85. The molecule has 5 nitrogen and oxygen atoms in total. The van der Waals surface area contributed by atoms with Gasteiger partial charge in [0, 0.05) is 23.8 Å². The molecule has 1 aliphatic rings. The zero-order chi connectivity index (χ0) is 16.7. The van der Waals surface area contributed by atoms with E-state index < -0.39 is 12.1 Å². The predicted octanol–water partition coefficient (Wildman–Crippen LogP) is 3.42. The molecule has 0 saturated heterocycles. The van der Waals surface area contributed by atoms with Crippen LogP contribution in [-0.4, -0.2) is 34.6 Å². The second-order valence-electron chi connectivity index (χ2n) is 5.81. The Labute approximate surface area is 138 Å². The Morgan fingerprint density at radius 1 is 1.42 bits per heavy atom. The molecule has 1 N–H and O–H groups in total. The number of ether oxygens (including phenoxy) is 1. The standard InChI is InChI=1S/C18H16FN3O2/c1-24-18(23)22-8-6-14-13-5-7-20-10-15(13)21-16(14)17(22)11-3-2-4-12(19)9-11/h2-5,7,9-10,17,21H,6,8H2,1H3. The molecule has 122 valence electrons. The number of carbonyl (C=O) groups excluding carboxylic acids is 1. The number of amides is 1. The first-order valence-corrected chi connectivity index (χ1v) is 7.73. The van der Waals surface area contributed by atoms with E-state index in [2.05, 4.69) is 9.97 Å². The van der Waals surface area contributed by atoms with E-state index in [1.54, 1.807) is 23.4 Å². The number of aromatic amines is 1. The van der Waals surface area contributed by atoms with Crippen molar-refractivity contribution < 1.29 is 13.9 Å². The highest BCUT2D eigenvalue weighted by atomic mass is 19.1. The fourth-order valence-corrected chi connectivity index (χ4v) is 3.48. The number of halogens is 1. The number of methoxy groups -OCH3 is 1. The van der Waals surface area contributed by atoms with Crippen LogP contribution in [0.1, 0.15) is 22.9 Å². The lowest BCUT2D eigenvalue weighted by molar-refractivity contribution is 0.108. The molecule has 1 aliphatic heterocycles. The normalized spacial score (nSPS) is 16.9. The van der Waals surface area contributed by atoms with Crippen LogP contribution in [0.4, 0.5) is 9.18 Å². The van der Waals surface area contributed by atoms with Crippen molar-refractivity contribution in [2.45, 2.75) is 12.5 Å². The Morgan fingerprint density at radius 2 is 2.29 bits per heavy atom. The van der Waals surface area contributed by atoms with Gasteiger partial charge in [-0.25, -0.2) is 9.18 Å². The molecule has 0 radical (unpaired) electrons. The van der Waals surface area contributed by atoms with E-state index in [0.29, 0.717) is 18.5 Å². The van der Waals surface area contributed by atoms with E-state index in [1.807, 2.05) is 12.1 Å². The maximum Gasteiger partial charge on any atom is 0.410 e. The third-order valence-electron chi connectivity index (χ3n) is 4.50. The van der Waals surface area contributed by atoms with Gasteiger partial charge in [0.15, 0.2) is 0 Å². The number of H-pyrrole nitrogens is 1. The van der Waals surface area contributed by atoms with Gasteiger partial charge in [0.25, 0.3) is 0 Å². The van der Waals surface area contributed by atoms with Gasteiger partial charge in [-0.05, 0) is 35.7 Å². The fraction of sp³-hybridized carbons (Fsp3) is 0.222. The third-order valence-corrected chi connectivity index (χ3v) is 4.50. The van der Waals surface area contributed by atoms with Crippen molar-refractivity contribution in [3.63, 3.8) is 0 Å². The van der Waals surface area contributed by atoms with Gasteiger partial charge in [-0.1, -0.05) is 12.1 Å². The minimum absolute atomic E-state index is 0.331. The minimum atomic E-state index is -0.424. The number of nitrogens with one attached hydrogen (secondary N) is 1. The number of nitrogens with zero attached hydrogens (tertiary/aromatic N) is 2. The summed E-state index contributed by atoms with van der Waals surface area (Å²) in [4.78, 5) is 21.4. The van der Waals surface area contributed by atoms with Crippen molar-refractivity contribution in [2.24, 2.45) is 0 Å². The molecule has 0 bridgehead atoms. The summed E-state index contributed by atoms with van der Waals surface area (Å²) in [6, 6.07) is 7.87. The van der Waals surface area contributed by atoms with Gasteiger partial charge in [0.2, 0.25) is 0 Å². The summed E-state index contributed by atoms with van der Waals surface area (Å²) in [5.74, 6) is -0.331. The first-order valence-electron chi connectivity index (χ1n) is 7.73. The van der Waals surface area contributed by atoms with Gasteiger partial charge in [0.1, 0.15) is 11.9 Å². The lowest BCUT2D eigenvalue weighted by atomic mass is 9.93. The average molecular weight is 325 g/mol. The molecule has 0 saturated carbocycles. The molecule has 1 atom stereocenters. The van der Waals surface area contributed by atoms with E-state index in [-0.39, 0.29) is 5.82 Å². The van der Waals surface area contributed by atoms with Crippen LogP contribution in [0.5, 0.6) is 0 Å². The molecule has 2 aromatic heterocycles. The van der Waals surface area contributed by atoms with Crippen molar-refractivity contribution in [2.75, 3.05) is 13.7 Å². The van der Waals surface area contributed by atoms with E-state index >= 15 is 0 Å². The Kier molecular flexibility index (Phi) is 3.45. The molecule has 1 aromatic carbocycles. The summed E-state index contributed by atoms with van der Waals surface area (Å²) in [6.45, 7) is 0.510. The van der Waals surface area contributed by atoms with Crippen molar-refractivity contribution in [3.05, 3.63) is 65.4 Å². The average Bonchev–Trinajstić information content (AvgIpc) is 2.98. The third kappa shape index (κ3) is 2.22. The Balaban J connectivity index is 1.92. The van der Waals surface area contributed by atoms with Crippen LogP contribution in [0.3, 0.4) is 0 Å². The number of benzene rings is 1. The van der Waals surface area contributed by atoms with Crippen LogP contribution in [0, 0.1) is 5.82 Å². The van der Waals surface area contributed by atoms with Crippen molar-refractivity contribution in [3.8, 4) is 0 Å². The summed E-state index contributed by atoms with van der Waals surface area (Å²) >= 11 is 0. The molecule has 0 fully saturated rings. The fourth-order valence-electron chi connectivity index (χ4n) is 3.48. The largest absolute Gasteiger partial charge is 0.453 e. The Morgan fingerprint density at radius 3 is 3.08 bits per heavy atom. The SMILES string of the molecule is COC(=O)N1CCc2c([nH]c3cnccc23)C1c1cccc(F)c1. The van der Waals surface area contributed by atoms with Crippen LogP contribution in [-0.2, 0) is 11.2 Å². The van der Waals surface area contributed by atoms with Crippen LogP contribution < -0.4 is 0 Å². The quantitative estimate of drug-likeness (QED) is 0.746. The van der Waals surface area contributed by atoms with Gasteiger partial charge < -0.3 is 9.72 Å². The van der Waals surface area contributed by atoms with E-state index in [9.17, 15) is 9.18 Å². The van der Waals surface area contributed by atoms with Crippen LogP contribution in [0.25, 0.3) is 10.9 Å². The molecule has 3 heterocycles. The Hall–Kier alpha value is -2.89. The van der Waals surface area contributed by atoms with E-state index in [1.165, 1.54) is 19.2 Å². The molecular weight excluding hydrogens is 309 g/mol. The maximum atomic E-state index is 13.8. The zero-order valence-corrected chi connectivity index (χ0v) is 13.1. The molecule has 1 unspecified atom stereocenters. The van der Waals surface area contributed by atoms with Crippen molar-refractivity contribution >= 4 is 17.0 Å². The number of rotatable bonds is 1. The van der Waals surface area contributed by atoms with Crippen LogP contribution in [0.2, 0.25) is 0 Å². The smallest absolute Gasteiger partial charge is 0.410 e. The topological polar surface area (TPSA) is 58.2 Å². The summed E-state index contributed by atoms with van der Waals surface area (Å²) in [5, 5.41) is 1.09. The van der Waals surface area contributed by atoms with Crippen molar-refractivity contribution in [1.82, 2.24) is 14.9 Å². The van der Waals surface area contributed by atoms with Gasteiger partial charge >= 0.3 is 6.09 Å². The number of pyridine rings is 1. The molecule has 0 spiro atoms. The summed E-state index contributed by atoms with van der Waals surface area (Å²) < 4.78 is 18.7. The predicted molar refractivity (Wildman–Crippen MR) is 87.2 cm³/mol. The molecule has 24 heavy (non-hydrogen) atoms. The second-order valence-corrected chi connectivity index (χ2v) is 5.81. The van der Waals surface area contributed by atoms with Crippen LogP contribution >= 0.6 is 0 Å². The number of hydrogen-bond acceptors (Lipinski definition) is 3. The number of fused-ring (bicyclic) bond motifs is 3. The van der Waals surface area contributed by atoms with E-state index in [0.717, 1.165) is 22.2 Å². The molecule has 0 aliphatic carbocycles. The second kappa shape index (κ2) is 5.63. The van der Waals surface area contributed by atoms with Gasteiger partial charge in [0.05, 0.1) is 18.8 Å². The van der Waals surface area contributed by atoms with E-state index in [4.69, 9.17) is 4.74 Å². The van der Waals surface area contributed by atoms with Gasteiger partial charge in [-0.3, -0.25) is 9.88 Å². The first-order chi connectivity index (χ1) is 11.7. The minimum Gasteiger partial charge on any atom is -0.453 e. The molecule has 1 amide bonds. The highest BCUT2D eigenvalue weighted by Gasteiger charge is 2.35. The highest BCUT2D eigenvalue weighted by Crippen LogP contribution is 2.38. The van der Waals surface area contributed by atoms with Crippen molar-refractivity contribution in [1.29, 1.82) is 0 Å². The number of carbonyl (C=O) groups is 1. The zero-order valence-electron chi connectivity index (χ0n) is 13.1. The summed E-state index contributed by atoms with van der Waals surface area (Å²) in [6.07, 6.45) is 3.80. The Bertz CT molecular complexity index is 922. The molecule has 4 rings (SSSR count). The molecule has 3 aromatic rings. The maximum absolute atomic E-state index is 13.8. The number of aromatic nitrogens is 2. The monoisotopic (exact) mass is 325 g/mol. The van der Waals surface area contributed by atoms with Crippen LogP contribution in [0.15, 0.2) is 42.7 Å². The van der Waals surface area contributed by atoms with Gasteiger partial charge in [-0.15, -0.1) is 0 Å². The number of hydrogen-bond donors (Lipinski definition) is 1.